The second kappa shape index (κ2) is 10.3. The molecule has 0 fully saturated rings. The van der Waals surface area contributed by atoms with Crippen LogP contribution < -0.4 is 10.6 Å². The average Bonchev–Trinajstić information content (AvgIpc) is 2.71. The fraction of sp³-hybridized carbons (Fsp3) is 0.368. The van der Waals surface area contributed by atoms with Crippen molar-refractivity contribution in [3.8, 4) is 6.07 Å². The van der Waals surface area contributed by atoms with E-state index < -0.39 is 6.67 Å². The van der Waals surface area contributed by atoms with Gasteiger partial charge in [0.1, 0.15) is 11.6 Å². The smallest absolute Gasteiger partial charge is 0.266 e. The van der Waals surface area contributed by atoms with Gasteiger partial charge >= 0.3 is 0 Å². The Morgan fingerprint density at radius 2 is 2.11 bits per heavy atom. The van der Waals surface area contributed by atoms with Crippen molar-refractivity contribution in [3.05, 3.63) is 51.4 Å². The highest BCUT2D eigenvalue weighted by molar-refractivity contribution is 8.38. The number of aryl methyl sites for hydroxylation is 2. The molecule has 0 saturated heterocycles. The summed E-state index contributed by atoms with van der Waals surface area (Å²) >= 11 is 2.68. The first-order valence-electron chi connectivity index (χ1n) is 8.82. The summed E-state index contributed by atoms with van der Waals surface area (Å²) in [5.41, 5.74) is 2.83. The number of nitrogens with zero attached hydrogens (tertiary/aromatic N) is 5. The molecule has 6 nitrogen and oxygen atoms in total. The number of nitriles is 1. The van der Waals surface area contributed by atoms with Gasteiger partial charge in [0.05, 0.1) is 30.1 Å². The molecule has 9 heteroatoms. The van der Waals surface area contributed by atoms with E-state index in [1.807, 2.05) is 39.0 Å². The zero-order valence-electron chi connectivity index (χ0n) is 16.3. The number of thioether (sulfide) groups is 2. The number of benzene rings is 1. The molecular formula is C19H22FN5OS2. The first kappa shape index (κ1) is 22.0. The van der Waals surface area contributed by atoms with Gasteiger partial charge < -0.3 is 0 Å². The van der Waals surface area contributed by atoms with Gasteiger partial charge in [0.15, 0.2) is 4.38 Å². The molecule has 0 radical (unpaired) electrons. The fourth-order valence-electron chi connectivity index (χ4n) is 2.42. The minimum atomic E-state index is -0.586. The standard InChI is InChI=1S/C17H16FN5OS2.C2H6/c1-11-3-4-12(13(7-11)8-19)10-25-17-21-23(6-5-18)14-9-20-22(2)16(24)15(14)26-17;1-2/h3-4,7,9H,5-6,10H2,1-2H3;1-2H3. The van der Waals surface area contributed by atoms with E-state index in [0.717, 1.165) is 11.1 Å². The third kappa shape index (κ3) is 4.94. The van der Waals surface area contributed by atoms with Crippen molar-refractivity contribution in [1.82, 2.24) is 9.78 Å². The predicted octanol–water partition coefficient (Wildman–Crippen LogP) is 4.07. The Bertz CT molecular complexity index is 968. The maximum Gasteiger partial charge on any atom is 0.282 e. The molecule has 0 N–H and O–H groups in total. The minimum absolute atomic E-state index is 0.0560. The molecule has 0 saturated carbocycles. The highest BCUT2D eigenvalue weighted by Crippen LogP contribution is 2.37. The van der Waals surface area contributed by atoms with Crippen LogP contribution in [0.1, 0.15) is 30.5 Å². The van der Waals surface area contributed by atoms with Crippen LogP contribution in [0.15, 0.2) is 39.2 Å². The molecule has 0 atom stereocenters. The van der Waals surface area contributed by atoms with Gasteiger partial charge in [-0.2, -0.15) is 15.5 Å². The molecule has 2 aromatic rings. The third-order valence-electron chi connectivity index (χ3n) is 3.78. The summed E-state index contributed by atoms with van der Waals surface area (Å²) in [5, 5.41) is 19.2. The molecule has 2 heterocycles. The van der Waals surface area contributed by atoms with Crippen LogP contribution in [0.25, 0.3) is 0 Å². The zero-order chi connectivity index (χ0) is 20.7. The lowest BCUT2D eigenvalue weighted by Gasteiger charge is -2.25. The zero-order valence-corrected chi connectivity index (χ0v) is 17.9. The second-order valence-corrected chi connectivity index (χ2v) is 7.85. The number of halogens is 1. The number of rotatable bonds is 4. The summed E-state index contributed by atoms with van der Waals surface area (Å²) < 4.78 is 14.8. The van der Waals surface area contributed by atoms with Gasteiger partial charge in [-0.25, -0.2) is 9.07 Å². The first-order valence-corrected chi connectivity index (χ1v) is 10.6. The average molecular weight is 420 g/mol. The summed E-state index contributed by atoms with van der Waals surface area (Å²) in [6.07, 6.45) is 1.53. The molecule has 3 rings (SSSR count). The number of hydrogen-bond donors (Lipinski definition) is 0. The number of hydrogen-bond acceptors (Lipinski definition) is 7. The van der Waals surface area contributed by atoms with Gasteiger partial charge in [-0.05, 0) is 24.1 Å². The van der Waals surface area contributed by atoms with E-state index in [9.17, 15) is 14.4 Å². The van der Waals surface area contributed by atoms with Gasteiger partial charge in [-0.1, -0.05) is 49.5 Å². The van der Waals surface area contributed by atoms with Crippen molar-refractivity contribution < 1.29 is 4.39 Å². The van der Waals surface area contributed by atoms with Gasteiger partial charge in [0, 0.05) is 12.8 Å². The van der Waals surface area contributed by atoms with Crippen molar-refractivity contribution in [2.75, 3.05) is 18.2 Å². The van der Waals surface area contributed by atoms with Crippen molar-refractivity contribution >= 4 is 33.6 Å². The maximum absolute atomic E-state index is 12.9. The summed E-state index contributed by atoms with van der Waals surface area (Å²) in [4.78, 5) is 12.9. The lowest BCUT2D eigenvalue weighted by molar-refractivity contribution is 0.491. The van der Waals surface area contributed by atoms with Gasteiger partial charge in [0.25, 0.3) is 5.56 Å². The van der Waals surface area contributed by atoms with E-state index in [0.29, 0.717) is 26.3 Å². The molecule has 1 aliphatic heterocycles. The molecular weight excluding hydrogens is 397 g/mol. The van der Waals surface area contributed by atoms with Crippen molar-refractivity contribution in [3.63, 3.8) is 0 Å². The number of anilines is 1. The monoisotopic (exact) mass is 419 g/mol. The van der Waals surface area contributed by atoms with Crippen molar-refractivity contribution in [2.24, 2.45) is 12.1 Å². The largest absolute Gasteiger partial charge is 0.282 e. The van der Waals surface area contributed by atoms with Crippen LogP contribution in [0.5, 0.6) is 0 Å². The van der Waals surface area contributed by atoms with Gasteiger partial charge in [-0.3, -0.25) is 9.80 Å². The van der Waals surface area contributed by atoms with Crippen molar-refractivity contribution in [1.29, 1.82) is 5.26 Å². The number of aromatic nitrogens is 2. The summed E-state index contributed by atoms with van der Waals surface area (Å²) in [5.74, 6) is 0.541. The van der Waals surface area contributed by atoms with Crippen LogP contribution >= 0.6 is 23.5 Å². The van der Waals surface area contributed by atoms with Gasteiger partial charge in [-0.15, -0.1) is 0 Å². The van der Waals surface area contributed by atoms with Crippen molar-refractivity contribution in [2.45, 2.75) is 31.4 Å². The first-order chi connectivity index (χ1) is 13.5. The molecule has 0 aliphatic carbocycles. The van der Waals surface area contributed by atoms with Crippen LogP contribution in [0.2, 0.25) is 0 Å². The lowest BCUT2D eigenvalue weighted by atomic mass is 10.1. The summed E-state index contributed by atoms with van der Waals surface area (Å²) in [6.45, 7) is 5.41. The van der Waals surface area contributed by atoms with Gasteiger partial charge in [0.2, 0.25) is 0 Å². The molecule has 1 aromatic carbocycles. The Morgan fingerprint density at radius 1 is 1.36 bits per heavy atom. The van der Waals surface area contributed by atoms with E-state index in [-0.39, 0.29) is 12.1 Å². The summed E-state index contributed by atoms with van der Waals surface area (Å²) in [7, 11) is 1.58. The highest BCUT2D eigenvalue weighted by atomic mass is 32.2. The quantitative estimate of drug-likeness (QED) is 0.744. The Labute approximate surface area is 172 Å². The Hall–Kier alpha value is -2.31. The predicted molar refractivity (Wildman–Crippen MR) is 115 cm³/mol. The molecule has 0 spiro atoms. The van der Waals surface area contributed by atoms with E-state index >= 15 is 0 Å². The Morgan fingerprint density at radius 3 is 2.79 bits per heavy atom. The Balaban J connectivity index is 0.00000136. The van der Waals surface area contributed by atoms with E-state index in [1.165, 1.54) is 39.4 Å². The fourth-order valence-corrected chi connectivity index (χ4v) is 4.56. The SMILES string of the molecule is CC.Cc1ccc(CSC2=NN(CCF)c3cnn(C)c(=O)c3S2)c(C#N)c1. The van der Waals surface area contributed by atoms with E-state index in [2.05, 4.69) is 16.3 Å². The number of hydrazone groups is 1. The molecule has 28 heavy (non-hydrogen) atoms. The number of alkyl halides is 1. The second-order valence-electron chi connectivity index (χ2n) is 5.63. The van der Waals surface area contributed by atoms with E-state index in [1.54, 1.807) is 7.05 Å². The van der Waals surface area contributed by atoms with E-state index in [4.69, 9.17) is 0 Å². The van der Waals surface area contributed by atoms with Crippen LogP contribution in [0, 0.1) is 18.3 Å². The number of fused-ring (bicyclic) bond motifs is 1. The third-order valence-corrected chi connectivity index (χ3v) is 6.01. The molecule has 1 aliphatic rings. The van der Waals surface area contributed by atoms with Crippen LogP contribution in [0.3, 0.4) is 0 Å². The van der Waals surface area contributed by atoms with Crippen LogP contribution in [-0.2, 0) is 12.8 Å². The summed E-state index contributed by atoms with van der Waals surface area (Å²) in [6, 6.07) is 7.93. The molecule has 0 bridgehead atoms. The van der Waals surface area contributed by atoms with Crippen LogP contribution in [0.4, 0.5) is 10.1 Å². The minimum Gasteiger partial charge on any atom is -0.266 e. The topological polar surface area (TPSA) is 74.3 Å². The Kier molecular flexibility index (Phi) is 8.08. The lowest BCUT2D eigenvalue weighted by Crippen LogP contribution is -2.30. The van der Waals surface area contributed by atoms with Crippen LogP contribution in [-0.4, -0.2) is 27.4 Å². The maximum atomic E-state index is 12.9. The molecule has 0 amide bonds. The molecule has 1 aromatic heterocycles. The molecule has 0 unspecified atom stereocenters. The normalized spacial score (nSPS) is 12.4. The molecule has 148 valence electrons. The highest BCUT2D eigenvalue weighted by Gasteiger charge is 2.24.